The molecule has 1 rings (SSSR count). The zero-order valence-electron chi connectivity index (χ0n) is 10.9. The lowest BCUT2D eigenvalue weighted by atomic mass is 10.1. The van der Waals surface area contributed by atoms with E-state index in [-0.39, 0.29) is 6.61 Å². The quantitative estimate of drug-likeness (QED) is 0.714. The highest BCUT2D eigenvalue weighted by Gasteiger charge is 2.07. The van der Waals surface area contributed by atoms with Gasteiger partial charge in [0.15, 0.2) is 0 Å². The first-order valence-electron chi connectivity index (χ1n) is 6.00. The van der Waals surface area contributed by atoms with E-state index in [9.17, 15) is 0 Å². The van der Waals surface area contributed by atoms with Gasteiger partial charge in [0.05, 0.1) is 18.8 Å². The van der Waals surface area contributed by atoms with Gasteiger partial charge < -0.3 is 15.2 Å². The molecule has 0 saturated carbocycles. The Bertz CT molecular complexity index is 427. The Morgan fingerprint density at radius 3 is 2.89 bits per heavy atom. The van der Waals surface area contributed by atoms with Gasteiger partial charge in [-0.3, -0.25) is 0 Å². The predicted octanol–water partition coefficient (Wildman–Crippen LogP) is 1.38. The normalized spacial score (nSPS) is 10.1. The molecule has 0 unspecified atom stereocenters. The molecule has 0 aliphatic carbocycles. The van der Waals surface area contributed by atoms with E-state index in [1.807, 2.05) is 19.9 Å². The SMILES string of the molecule is Cc1cc(C)c(C#N)c(NCCCOCCO)n1. The van der Waals surface area contributed by atoms with E-state index >= 15 is 0 Å². The summed E-state index contributed by atoms with van der Waals surface area (Å²) in [6.45, 7) is 5.50. The molecule has 5 heteroatoms. The summed E-state index contributed by atoms with van der Waals surface area (Å²) in [5.74, 6) is 0.636. The number of nitrogens with zero attached hydrogens (tertiary/aromatic N) is 2. The van der Waals surface area contributed by atoms with Crippen molar-refractivity contribution in [1.82, 2.24) is 4.98 Å². The molecule has 18 heavy (non-hydrogen) atoms. The van der Waals surface area contributed by atoms with Crippen LogP contribution in [0.25, 0.3) is 0 Å². The molecule has 0 atom stereocenters. The Balaban J connectivity index is 2.49. The first-order valence-corrected chi connectivity index (χ1v) is 6.00. The third-order valence-corrected chi connectivity index (χ3v) is 2.45. The van der Waals surface area contributed by atoms with E-state index in [2.05, 4.69) is 16.4 Å². The molecule has 0 amide bonds. The van der Waals surface area contributed by atoms with E-state index in [1.54, 1.807) is 0 Å². The Kier molecular flexibility index (Phi) is 6.12. The summed E-state index contributed by atoms with van der Waals surface area (Å²) >= 11 is 0. The third-order valence-electron chi connectivity index (χ3n) is 2.45. The van der Waals surface area contributed by atoms with Gasteiger partial charge in [-0.2, -0.15) is 5.26 Å². The van der Waals surface area contributed by atoms with Crippen molar-refractivity contribution in [2.45, 2.75) is 20.3 Å². The van der Waals surface area contributed by atoms with Crippen molar-refractivity contribution >= 4 is 5.82 Å². The van der Waals surface area contributed by atoms with Crippen LogP contribution >= 0.6 is 0 Å². The number of hydrogen-bond acceptors (Lipinski definition) is 5. The highest BCUT2D eigenvalue weighted by Crippen LogP contribution is 2.17. The van der Waals surface area contributed by atoms with Crippen LogP contribution in [0.15, 0.2) is 6.07 Å². The minimum atomic E-state index is 0.0463. The molecule has 2 N–H and O–H groups in total. The van der Waals surface area contributed by atoms with E-state index in [4.69, 9.17) is 15.1 Å². The monoisotopic (exact) mass is 249 g/mol. The standard InChI is InChI=1S/C13H19N3O2/c1-10-8-11(2)16-13(12(10)9-14)15-4-3-6-18-7-5-17/h8,17H,3-7H2,1-2H3,(H,15,16). The van der Waals surface area contributed by atoms with Crippen LogP contribution in [0.1, 0.15) is 23.2 Å². The lowest BCUT2D eigenvalue weighted by molar-refractivity contribution is 0.0922. The largest absolute Gasteiger partial charge is 0.394 e. The van der Waals surface area contributed by atoms with E-state index < -0.39 is 0 Å². The molecule has 0 aliphatic heterocycles. The highest BCUT2D eigenvalue weighted by molar-refractivity contribution is 5.56. The lowest BCUT2D eigenvalue weighted by Gasteiger charge is -2.10. The van der Waals surface area contributed by atoms with Gasteiger partial charge in [0.1, 0.15) is 11.9 Å². The zero-order valence-corrected chi connectivity index (χ0v) is 10.9. The van der Waals surface area contributed by atoms with Crippen LogP contribution in [0.2, 0.25) is 0 Å². The molecule has 1 aromatic rings. The zero-order chi connectivity index (χ0) is 13.4. The van der Waals surface area contributed by atoms with Gasteiger partial charge >= 0.3 is 0 Å². The number of aliphatic hydroxyl groups excluding tert-OH is 1. The number of ether oxygens (including phenoxy) is 1. The molecule has 0 aliphatic rings. The van der Waals surface area contributed by atoms with Crippen LogP contribution in [-0.2, 0) is 4.74 Å². The number of pyridine rings is 1. The van der Waals surface area contributed by atoms with Crippen LogP contribution in [-0.4, -0.2) is 36.5 Å². The molecular weight excluding hydrogens is 230 g/mol. The summed E-state index contributed by atoms with van der Waals surface area (Å²) in [7, 11) is 0. The number of hydrogen-bond donors (Lipinski definition) is 2. The Morgan fingerprint density at radius 2 is 2.22 bits per heavy atom. The summed E-state index contributed by atoms with van der Waals surface area (Å²) in [5.41, 5.74) is 2.42. The van der Waals surface area contributed by atoms with E-state index in [1.165, 1.54) is 0 Å². The maximum Gasteiger partial charge on any atom is 0.144 e. The van der Waals surface area contributed by atoms with Crippen LogP contribution in [0.5, 0.6) is 0 Å². The second-order valence-electron chi connectivity index (χ2n) is 4.03. The fourth-order valence-electron chi connectivity index (χ4n) is 1.65. The predicted molar refractivity (Wildman–Crippen MR) is 69.4 cm³/mol. The van der Waals surface area contributed by atoms with Gasteiger partial charge in [-0.05, 0) is 31.9 Å². The minimum Gasteiger partial charge on any atom is -0.394 e. The Labute approximate surface area is 107 Å². The Morgan fingerprint density at radius 1 is 1.44 bits per heavy atom. The maximum absolute atomic E-state index is 9.08. The molecule has 98 valence electrons. The summed E-state index contributed by atoms with van der Waals surface area (Å²) in [5, 5.41) is 20.8. The number of aromatic nitrogens is 1. The van der Waals surface area contributed by atoms with Crippen molar-refractivity contribution in [2.75, 3.05) is 31.7 Å². The fraction of sp³-hybridized carbons (Fsp3) is 0.538. The van der Waals surface area contributed by atoms with Crippen LogP contribution in [0, 0.1) is 25.2 Å². The average molecular weight is 249 g/mol. The molecule has 0 radical (unpaired) electrons. The maximum atomic E-state index is 9.08. The van der Waals surface area contributed by atoms with Crippen LogP contribution < -0.4 is 5.32 Å². The summed E-state index contributed by atoms with van der Waals surface area (Å²) in [6, 6.07) is 4.06. The van der Waals surface area contributed by atoms with Gasteiger partial charge in [0.2, 0.25) is 0 Å². The van der Waals surface area contributed by atoms with Gasteiger partial charge in [-0.25, -0.2) is 4.98 Å². The summed E-state index contributed by atoms with van der Waals surface area (Å²) < 4.78 is 5.15. The van der Waals surface area contributed by atoms with Crippen LogP contribution in [0.3, 0.4) is 0 Å². The van der Waals surface area contributed by atoms with Crippen molar-refractivity contribution in [1.29, 1.82) is 5.26 Å². The van der Waals surface area contributed by atoms with E-state index in [0.717, 1.165) is 17.7 Å². The topological polar surface area (TPSA) is 78.2 Å². The lowest BCUT2D eigenvalue weighted by Crippen LogP contribution is -2.10. The summed E-state index contributed by atoms with van der Waals surface area (Å²) in [4.78, 5) is 4.32. The first kappa shape index (κ1) is 14.4. The van der Waals surface area contributed by atoms with Gasteiger partial charge in [0, 0.05) is 18.8 Å². The molecule has 0 fully saturated rings. The molecule has 0 spiro atoms. The van der Waals surface area contributed by atoms with Crippen molar-refractivity contribution in [2.24, 2.45) is 0 Å². The van der Waals surface area contributed by atoms with Gasteiger partial charge in [-0.1, -0.05) is 0 Å². The molecule has 0 saturated heterocycles. The third kappa shape index (κ3) is 4.32. The molecule has 1 aromatic heterocycles. The van der Waals surface area contributed by atoms with Crippen molar-refractivity contribution in [3.63, 3.8) is 0 Å². The molecule has 0 bridgehead atoms. The Hall–Kier alpha value is -1.64. The number of nitrogens with one attached hydrogen (secondary N) is 1. The highest BCUT2D eigenvalue weighted by atomic mass is 16.5. The second kappa shape index (κ2) is 7.64. The first-order chi connectivity index (χ1) is 8.69. The fourth-order valence-corrected chi connectivity index (χ4v) is 1.65. The van der Waals surface area contributed by atoms with Gasteiger partial charge in [0.25, 0.3) is 0 Å². The molecular formula is C13H19N3O2. The van der Waals surface area contributed by atoms with Crippen molar-refractivity contribution in [3.05, 3.63) is 22.9 Å². The molecule has 1 heterocycles. The number of rotatable bonds is 7. The van der Waals surface area contributed by atoms with Crippen LogP contribution in [0.4, 0.5) is 5.82 Å². The smallest absolute Gasteiger partial charge is 0.144 e. The summed E-state index contributed by atoms with van der Waals surface area (Å²) in [6.07, 6.45) is 0.805. The number of anilines is 1. The second-order valence-corrected chi connectivity index (χ2v) is 4.03. The van der Waals surface area contributed by atoms with Crippen molar-refractivity contribution < 1.29 is 9.84 Å². The molecule has 5 nitrogen and oxygen atoms in total. The van der Waals surface area contributed by atoms with Gasteiger partial charge in [-0.15, -0.1) is 0 Å². The van der Waals surface area contributed by atoms with E-state index in [0.29, 0.717) is 31.1 Å². The number of aliphatic hydroxyl groups is 1. The van der Waals surface area contributed by atoms with Crippen molar-refractivity contribution in [3.8, 4) is 6.07 Å². The minimum absolute atomic E-state index is 0.0463. The number of aryl methyl sites for hydroxylation is 2. The molecule has 0 aromatic carbocycles. The number of nitriles is 1. The average Bonchev–Trinajstić information content (AvgIpc) is 2.33.